The maximum absolute atomic E-state index is 13.6. The zero-order valence-corrected chi connectivity index (χ0v) is 23.6. The summed E-state index contributed by atoms with van der Waals surface area (Å²) in [5.74, 6) is 0.341. The van der Waals surface area contributed by atoms with Crippen molar-refractivity contribution in [1.82, 2.24) is 20.0 Å². The van der Waals surface area contributed by atoms with Gasteiger partial charge in [0.15, 0.2) is 11.5 Å². The van der Waals surface area contributed by atoms with Crippen LogP contribution in [0.15, 0.2) is 67.0 Å². The Kier molecular flexibility index (Phi) is 7.68. The summed E-state index contributed by atoms with van der Waals surface area (Å²) >= 11 is 0. The van der Waals surface area contributed by atoms with Gasteiger partial charge in [-0.1, -0.05) is 12.1 Å². The topological polar surface area (TPSA) is 77.8 Å². The Morgan fingerprint density at radius 3 is 2.46 bits per heavy atom. The van der Waals surface area contributed by atoms with Gasteiger partial charge in [0.1, 0.15) is 12.4 Å². The molecule has 0 saturated carbocycles. The van der Waals surface area contributed by atoms with Gasteiger partial charge < -0.3 is 24.4 Å². The van der Waals surface area contributed by atoms with E-state index < -0.39 is 6.29 Å². The van der Waals surface area contributed by atoms with E-state index in [1.54, 1.807) is 23.0 Å². The monoisotopic (exact) mass is 562 g/mol. The fourth-order valence-electron chi connectivity index (χ4n) is 4.57. The summed E-state index contributed by atoms with van der Waals surface area (Å²) in [5, 5.41) is 7.38. The third-order valence-corrected chi connectivity index (χ3v) is 6.84. The van der Waals surface area contributed by atoms with Crippen LogP contribution in [0.1, 0.15) is 34.5 Å². The van der Waals surface area contributed by atoms with Crippen LogP contribution in [0.25, 0.3) is 22.3 Å². The van der Waals surface area contributed by atoms with Crippen molar-refractivity contribution < 1.29 is 27.8 Å². The largest absolute Gasteiger partial charge is 0.586 e. The molecule has 0 aliphatic carbocycles. The molecule has 5 rings (SSSR count). The van der Waals surface area contributed by atoms with Gasteiger partial charge in [-0.2, -0.15) is 5.10 Å². The number of aromatic nitrogens is 2. The fourth-order valence-corrected chi connectivity index (χ4v) is 4.57. The van der Waals surface area contributed by atoms with Crippen LogP contribution in [-0.2, 0) is 7.05 Å². The van der Waals surface area contributed by atoms with Crippen LogP contribution in [0.2, 0.25) is 0 Å². The number of amides is 1. The van der Waals surface area contributed by atoms with Crippen LogP contribution in [0, 0.1) is 6.92 Å². The second-order valence-corrected chi connectivity index (χ2v) is 10.4. The van der Waals surface area contributed by atoms with Crippen molar-refractivity contribution >= 4 is 5.91 Å². The average molecular weight is 563 g/mol. The van der Waals surface area contributed by atoms with Gasteiger partial charge in [0.05, 0.1) is 12.2 Å². The molecule has 2 heterocycles. The van der Waals surface area contributed by atoms with Crippen LogP contribution in [0.3, 0.4) is 0 Å². The summed E-state index contributed by atoms with van der Waals surface area (Å²) in [4.78, 5) is 15.4. The van der Waals surface area contributed by atoms with Crippen LogP contribution in [0.5, 0.6) is 17.2 Å². The van der Waals surface area contributed by atoms with E-state index in [1.807, 2.05) is 76.4 Å². The molecule has 0 bridgehead atoms. The van der Waals surface area contributed by atoms with Gasteiger partial charge in [0.25, 0.3) is 5.91 Å². The van der Waals surface area contributed by atoms with Crippen LogP contribution in [-0.4, -0.2) is 54.1 Å². The highest BCUT2D eigenvalue weighted by Crippen LogP contribution is 2.43. The molecule has 0 fully saturated rings. The molecule has 1 atom stereocenters. The Labute approximate surface area is 237 Å². The first-order chi connectivity index (χ1) is 19.5. The Balaban J connectivity index is 1.44. The molecule has 1 aliphatic heterocycles. The number of carbonyl (C=O) groups is 1. The molecule has 10 heteroatoms. The van der Waals surface area contributed by atoms with E-state index in [2.05, 4.69) is 19.9 Å². The lowest BCUT2D eigenvalue weighted by Gasteiger charge is -2.19. The zero-order chi connectivity index (χ0) is 29.3. The zero-order valence-electron chi connectivity index (χ0n) is 23.6. The number of alkyl halides is 2. The molecule has 1 N–H and O–H groups in total. The van der Waals surface area contributed by atoms with Crippen molar-refractivity contribution in [2.24, 2.45) is 7.05 Å². The highest BCUT2D eigenvalue weighted by molar-refractivity contribution is 5.96. The molecule has 3 aromatic carbocycles. The highest BCUT2D eigenvalue weighted by atomic mass is 19.3. The SMILES string of the molecule is Cc1ccc(OCCN(C)C)cc1C(=O)N[C@H](C)c1cc(-c2ccc3c(c2)OC(F)(F)O3)cc(-c2cnn(C)c2)c1. The smallest absolute Gasteiger partial charge is 0.492 e. The number of nitrogens with zero attached hydrogens (tertiary/aromatic N) is 3. The minimum Gasteiger partial charge on any atom is -0.492 e. The van der Waals surface area contributed by atoms with Gasteiger partial charge >= 0.3 is 6.29 Å². The van der Waals surface area contributed by atoms with Crippen molar-refractivity contribution in [3.8, 4) is 39.5 Å². The summed E-state index contributed by atoms with van der Waals surface area (Å²) in [6, 6.07) is 15.6. The molecular weight excluding hydrogens is 530 g/mol. The molecule has 214 valence electrons. The first-order valence-corrected chi connectivity index (χ1v) is 13.2. The van der Waals surface area contributed by atoms with E-state index in [4.69, 9.17) is 4.74 Å². The van der Waals surface area contributed by atoms with Crippen LogP contribution in [0.4, 0.5) is 8.78 Å². The van der Waals surface area contributed by atoms with Gasteiger partial charge in [0.2, 0.25) is 0 Å². The number of halogens is 2. The number of benzene rings is 3. The van der Waals surface area contributed by atoms with Crippen molar-refractivity contribution in [3.63, 3.8) is 0 Å². The number of hydrogen-bond acceptors (Lipinski definition) is 6. The summed E-state index contributed by atoms with van der Waals surface area (Å²) in [6.45, 7) is 5.05. The van der Waals surface area contributed by atoms with E-state index in [0.717, 1.165) is 34.4 Å². The first-order valence-electron chi connectivity index (χ1n) is 13.2. The summed E-state index contributed by atoms with van der Waals surface area (Å²) in [6.07, 6.45) is -0.0652. The van der Waals surface area contributed by atoms with Gasteiger partial charge in [-0.05, 0) is 98.2 Å². The lowest BCUT2D eigenvalue weighted by molar-refractivity contribution is -0.286. The van der Waals surface area contributed by atoms with E-state index in [0.29, 0.717) is 23.5 Å². The van der Waals surface area contributed by atoms with E-state index in [-0.39, 0.29) is 23.4 Å². The van der Waals surface area contributed by atoms with Gasteiger partial charge in [-0.25, -0.2) is 0 Å². The van der Waals surface area contributed by atoms with E-state index >= 15 is 0 Å². The number of rotatable bonds is 9. The number of hydrogen-bond donors (Lipinski definition) is 1. The van der Waals surface area contributed by atoms with Crippen molar-refractivity contribution in [2.75, 3.05) is 27.2 Å². The third kappa shape index (κ3) is 6.49. The Bertz CT molecular complexity index is 1580. The number of fused-ring (bicyclic) bond motifs is 1. The molecule has 0 saturated heterocycles. The van der Waals surface area contributed by atoms with Crippen LogP contribution < -0.4 is 19.5 Å². The number of nitrogens with one attached hydrogen (secondary N) is 1. The lowest BCUT2D eigenvalue weighted by atomic mass is 9.94. The normalized spacial score (nSPS) is 14.2. The molecule has 8 nitrogen and oxygen atoms in total. The van der Waals surface area contributed by atoms with Crippen molar-refractivity contribution in [1.29, 1.82) is 0 Å². The predicted molar refractivity (Wildman–Crippen MR) is 151 cm³/mol. The fraction of sp³-hybridized carbons (Fsp3) is 0.290. The number of carbonyl (C=O) groups excluding carboxylic acids is 1. The van der Waals surface area contributed by atoms with Gasteiger partial charge in [-0.15, -0.1) is 8.78 Å². The second-order valence-electron chi connectivity index (χ2n) is 10.4. The Morgan fingerprint density at radius 1 is 1.02 bits per heavy atom. The molecule has 1 aromatic heterocycles. The standard InChI is InChI=1S/C31H32F2N4O4/c1-19-6-8-26(39-11-10-36(3)4)16-27(19)30(38)35-20(2)22-12-23(14-24(13-22)25-17-34-37(5)18-25)21-7-9-28-29(15-21)41-31(32,33)40-28/h6-9,12-18,20H,10-11H2,1-5H3,(H,35,38)/t20-/m1/s1. The highest BCUT2D eigenvalue weighted by Gasteiger charge is 2.43. The lowest BCUT2D eigenvalue weighted by Crippen LogP contribution is -2.27. The summed E-state index contributed by atoms with van der Waals surface area (Å²) in [7, 11) is 5.77. The van der Waals surface area contributed by atoms with E-state index in [1.165, 1.54) is 12.1 Å². The van der Waals surface area contributed by atoms with Crippen molar-refractivity contribution in [3.05, 3.63) is 83.7 Å². The third-order valence-electron chi connectivity index (χ3n) is 6.84. The van der Waals surface area contributed by atoms with Crippen LogP contribution >= 0.6 is 0 Å². The van der Waals surface area contributed by atoms with Gasteiger partial charge in [0, 0.05) is 30.9 Å². The molecule has 0 radical (unpaired) electrons. The molecule has 0 spiro atoms. The quantitative estimate of drug-likeness (QED) is 0.277. The van der Waals surface area contributed by atoms with Gasteiger partial charge in [-0.3, -0.25) is 9.48 Å². The molecule has 41 heavy (non-hydrogen) atoms. The molecule has 1 amide bonds. The Hall–Kier alpha value is -4.44. The second kappa shape index (κ2) is 11.2. The number of ether oxygens (including phenoxy) is 3. The molecular formula is C31H32F2N4O4. The number of likely N-dealkylation sites (N-methyl/N-ethyl adjacent to an activating group) is 1. The maximum atomic E-state index is 13.6. The van der Waals surface area contributed by atoms with Crippen molar-refractivity contribution in [2.45, 2.75) is 26.2 Å². The maximum Gasteiger partial charge on any atom is 0.586 e. The molecule has 4 aromatic rings. The minimum absolute atomic E-state index is 0.0219. The molecule has 1 aliphatic rings. The van der Waals surface area contributed by atoms with E-state index in [9.17, 15) is 13.6 Å². The molecule has 0 unspecified atom stereocenters. The summed E-state index contributed by atoms with van der Waals surface area (Å²) in [5.41, 5.74) is 5.34. The number of aryl methyl sites for hydroxylation is 2. The predicted octanol–water partition coefficient (Wildman–Crippen LogP) is 5.82. The minimum atomic E-state index is -3.70. The Morgan fingerprint density at radius 2 is 1.76 bits per heavy atom. The average Bonchev–Trinajstić information content (AvgIpc) is 3.49. The first kappa shape index (κ1) is 28.1. The summed E-state index contributed by atoms with van der Waals surface area (Å²) < 4.78 is 44.0.